The lowest BCUT2D eigenvalue weighted by atomic mass is 10.0. The molecule has 26 heavy (non-hydrogen) atoms. The van der Waals surface area contributed by atoms with Gasteiger partial charge in [0.1, 0.15) is 12.1 Å². The van der Waals surface area contributed by atoms with E-state index in [4.69, 9.17) is 11.5 Å². The van der Waals surface area contributed by atoms with Crippen molar-refractivity contribution in [1.29, 1.82) is 0 Å². The number of anilines is 2. The molecule has 1 saturated heterocycles. The maximum atomic E-state index is 12.7. The fourth-order valence-corrected chi connectivity index (χ4v) is 4.24. The molecule has 1 aromatic carbocycles. The molecule has 138 valence electrons. The first-order valence-electron chi connectivity index (χ1n) is 8.24. The van der Waals surface area contributed by atoms with Gasteiger partial charge in [0.25, 0.3) is 0 Å². The molecule has 0 unspecified atom stereocenters. The van der Waals surface area contributed by atoms with Crippen LogP contribution in [0.4, 0.5) is 11.5 Å². The van der Waals surface area contributed by atoms with E-state index in [1.807, 2.05) is 23.1 Å². The van der Waals surface area contributed by atoms with Crippen LogP contribution in [-0.2, 0) is 11.2 Å². The molecule has 0 aliphatic carbocycles. The Balaban J connectivity index is 1.58. The van der Waals surface area contributed by atoms with Gasteiger partial charge in [-0.1, -0.05) is 0 Å². The van der Waals surface area contributed by atoms with E-state index >= 15 is 0 Å². The van der Waals surface area contributed by atoms with Crippen LogP contribution in [0.3, 0.4) is 0 Å². The molecule has 2 heterocycles. The normalized spacial score (nSPS) is 15.8. The average Bonchev–Trinajstić information content (AvgIpc) is 2.66. The molecular weight excluding hydrogens is 464 g/mol. The third-order valence-corrected chi connectivity index (χ3v) is 5.71. The van der Waals surface area contributed by atoms with Crippen molar-refractivity contribution in [3.8, 4) is 0 Å². The Hall–Kier alpha value is -1.71. The molecule has 1 fully saturated rings. The standard InChI is InChI=1S/C17H20Br2N6O/c18-12-7-11(8-13(19)16(12)21)9-14(20)17(26)25-5-3-24(4-6-25)15-1-2-22-10-23-15/h1-2,7-8,10,14H,3-6,9,20-21H2/t14-/m1/s1. The Kier molecular flexibility index (Phi) is 6.10. The predicted octanol–water partition coefficient (Wildman–Crippen LogP) is 1.80. The summed E-state index contributed by atoms with van der Waals surface area (Å²) in [6.45, 7) is 2.72. The summed E-state index contributed by atoms with van der Waals surface area (Å²) in [7, 11) is 0. The first-order chi connectivity index (χ1) is 12.5. The maximum Gasteiger partial charge on any atom is 0.239 e. The first-order valence-corrected chi connectivity index (χ1v) is 9.83. The summed E-state index contributed by atoms with van der Waals surface area (Å²) in [5.41, 5.74) is 13.7. The van der Waals surface area contributed by atoms with Crippen molar-refractivity contribution in [3.05, 3.63) is 45.2 Å². The summed E-state index contributed by atoms with van der Waals surface area (Å²) in [4.78, 5) is 24.8. The molecule has 4 N–H and O–H groups in total. The van der Waals surface area contributed by atoms with Crippen LogP contribution in [0, 0.1) is 0 Å². The second-order valence-electron chi connectivity index (χ2n) is 6.16. The number of amides is 1. The van der Waals surface area contributed by atoms with Crippen molar-refractivity contribution in [2.24, 2.45) is 5.73 Å². The van der Waals surface area contributed by atoms with Crippen molar-refractivity contribution in [3.63, 3.8) is 0 Å². The Morgan fingerprint density at radius 3 is 2.42 bits per heavy atom. The molecule has 1 amide bonds. The molecule has 0 radical (unpaired) electrons. The van der Waals surface area contributed by atoms with Crippen LogP contribution in [0.1, 0.15) is 5.56 Å². The van der Waals surface area contributed by atoms with Gasteiger partial charge in [0, 0.05) is 41.3 Å². The number of hydrogen-bond donors (Lipinski definition) is 2. The van der Waals surface area contributed by atoms with Gasteiger partial charge in [-0.15, -0.1) is 0 Å². The minimum Gasteiger partial charge on any atom is -0.397 e. The highest BCUT2D eigenvalue weighted by Gasteiger charge is 2.26. The highest BCUT2D eigenvalue weighted by Crippen LogP contribution is 2.30. The summed E-state index contributed by atoms with van der Waals surface area (Å²) < 4.78 is 1.58. The highest BCUT2D eigenvalue weighted by atomic mass is 79.9. The highest BCUT2D eigenvalue weighted by molar-refractivity contribution is 9.11. The van der Waals surface area contributed by atoms with Gasteiger partial charge in [0.05, 0.1) is 11.7 Å². The van der Waals surface area contributed by atoms with Gasteiger partial charge in [-0.25, -0.2) is 9.97 Å². The van der Waals surface area contributed by atoms with Crippen LogP contribution in [0.2, 0.25) is 0 Å². The van der Waals surface area contributed by atoms with Gasteiger partial charge in [-0.3, -0.25) is 4.79 Å². The number of carbonyl (C=O) groups excluding carboxylic acids is 1. The Morgan fingerprint density at radius 2 is 1.85 bits per heavy atom. The summed E-state index contributed by atoms with van der Waals surface area (Å²) >= 11 is 6.84. The zero-order valence-electron chi connectivity index (χ0n) is 14.1. The molecule has 0 saturated carbocycles. The Labute approximate surface area is 169 Å². The third-order valence-electron chi connectivity index (χ3n) is 4.39. The van der Waals surface area contributed by atoms with Crippen molar-refractivity contribution >= 4 is 49.3 Å². The van der Waals surface area contributed by atoms with Crippen molar-refractivity contribution in [2.45, 2.75) is 12.5 Å². The molecule has 7 nitrogen and oxygen atoms in total. The van der Waals surface area contributed by atoms with Crippen LogP contribution in [-0.4, -0.2) is 53.0 Å². The van der Waals surface area contributed by atoms with Crippen molar-refractivity contribution in [1.82, 2.24) is 14.9 Å². The number of benzene rings is 1. The molecule has 2 aromatic rings. The largest absolute Gasteiger partial charge is 0.397 e. The summed E-state index contributed by atoms with van der Waals surface area (Å²) in [5, 5.41) is 0. The summed E-state index contributed by atoms with van der Waals surface area (Å²) in [6, 6.07) is 5.10. The van der Waals surface area contributed by atoms with Gasteiger partial charge >= 0.3 is 0 Å². The molecule has 3 rings (SSSR count). The maximum absolute atomic E-state index is 12.7. The molecular formula is C17H20Br2N6O. The van der Waals surface area contributed by atoms with Crippen LogP contribution < -0.4 is 16.4 Å². The van der Waals surface area contributed by atoms with Gasteiger partial charge in [0.15, 0.2) is 0 Å². The number of carbonyl (C=O) groups is 1. The number of rotatable bonds is 4. The summed E-state index contributed by atoms with van der Waals surface area (Å²) in [6.07, 6.45) is 3.72. The van der Waals surface area contributed by atoms with Gasteiger partial charge in [-0.05, 0) is 62.0 Å². The molecule has 1 aromatic heterocycles. The van der Waals surface area contributed by atoms with Gasteiger partial charge in [0.2, 0.25) is 5.91 Å². The topological polar surface area (TPSA) is 101 Å². The van der Waals surface area contributed by atoms with Crippen molar-refractivity contribution < 1.29 is 4.79 Å². The van der Waals surface area contributed by atoms with Crippen LogP contribution in [0.15, 0.2) is 39.7 Å². The number of halogens is 2. The molecule has 1 atom stereocenters. The molecule has 9 heteroatoms. The molecule has 1 aliphatic rings. The zero-order valence-corrected chi connectivity index (χ0v) is 17.3. The average molecular weight is 484 g/mol. The summed E-state index contributed by atoms with van der Waals surface area (Å²) in [5.74, 6) is 0.851. The van der Waals surface area contributed by atoms with E-state index in [-0.39, 0.29) is 5.91 Å². The molecule has 1 aliphatic heterocycles. The quantitative estimate of drug-likeness (QED) is 0.643. The number of nitrogens with zero attached hydrogens (tertiary/aromatic N) is 4. The van der Waals surface area contributed by atoms with Gasteiger partial charge in [-0.2, -0.15) is 0 Å². The fraction of sp³-hybridized carbons (Fsp3) is 0.353. The van der Waals surface area contributed by atoms with E-state index < -0.39 is 6.04 Å². The second kappa shape index (κ2) is 8.32. The minimum absolute atomic E-state index is 0.0311. The number of piperazine rings is 1. The second-order valence-corrected chi connectivity index (χ2v) is 7.87. The molecule has 0 spiro atoms. The van der Waals surface area contributed by atoms with Gasteiger partial charge < -0.3 is 21.3 Å². The van der Waals surface area contributed by atoms with E-state index in [9.17, 15) is 4.79 Å². The monoisotopic (exact) mass is 482 g/mol. The minimum atomic E-state index is -0.581. The number of nitrogens with two attached hydrogens (primary N) is 2. The van der Waals surface area contributed by atoms with Crippen LogP contribution in [0.5, 0.6) is 0 Å². The molecule has 0 bridgehead atoms. The lowest BCUT2D eigenvalue weighted by Gasteiger charge is -2.36. The Bertz CT molecular complexity index is 757. The van der Waals surface area contributed by atoms with E-state index in [1.54, 1.807) is 6.20 Å². The van der Waals surface area contributed by atoms with E-state index in [1.165, 1.54) is 6.33 Å². The lowest BCUT2D eigenvalue weighted by Crippen LogP contribution is -2.53. The van der Waals surface area contributed by atoms with E-state index in [0.29, 0.717) is 25.2 Å². The number of nitrogen functional groups attached to an aromatic ring is 1. The SMILES string of the molecule is Nc1c(Br)cc(C[C@@H](N)C(=O)N2CCN(c3ccncn3)CC2)cc1Br. The van der Waals surface area contributed by atoms with Crippen molar-refractivity contribution in [2.75, 3.05) is 36.8 Å². The van der Waals surface area contributed by atoms with Crippen LogP contribution in [0.25, 0.3) is 0 Å². The van der Waals surface area contributed by atoms with Crippen LogP contribution >= 0.6 is 31.9 Å². The smallest absolute Gasteiger partial charge is 0.239 e. The predicted molar refractivity (Wildman–Crippen MR) is 109 cm³/mol. The number of aromatic nitrogens is 2. The Morgan fingerprint density at radius 1 is 1.19 bits per heavy atom. The first kappa shape index (κ1) is 19.1. The fourth-order valence-electron chi connectivity index (χ4n) is 2.96. The lowest BCUT2D eigenvalue weighted by molar-refractivity contribution is -0.132. The zero-order chi connectivity index (χ0) is 18.7. The van der Waals surface area contributed by atoms with E-state index in [0.717, 1.165) is 33.4 Å². The third kappa shape index (κ3) is 4.33. The number of hydrogen-bond acceptors (Lipinski definition) is 6. The van der Waals surface area contributed by atoms with E-state index in [2.05, 4.69) is 46.7 Å².